The van der Waals surface area contributed by atoms with Crippen molar-refractivity contribution in [2.24, 2.45) is 0 Å². The Morgan fingerprint density at radius 3 is 2.48 bits per heavy atom. The van der Waals surface area contributed by atoms with Crippen LogP contribution in [0.5, 0.6) is 5.75 Å². The Bertz CT molecular complexity index is 824. The molecule has 0 fully saturated rings. The summed E-state index contributed by atoms with van der Waals surface area (Å²) in [6.45, 7) is 0.166. The van der Waals surface area contributed by atoms with Crippen LogP contribution >= 0.6 is 0 Å². The van der Waals surface area contributed by atoms with Crippen molar-refractivity contribution in [1.29, 1.82) is 0 Å². The van der Waals surface area contributed by atoms with Gasteiger partial charge in [0.15, 0.2) is 0 Å². The molecular weight excluding hydrogens is 364 g/mol. The Labute approximate surface area is 153 Å². The van der Waals surface area contributed by atoms with Gasteiger partial charge in [0.2, 0.25) is 0 Å². The number of hydrogen-bond acceptors (Lipinski definition) is 2. The number of halogens is 4. The van der Waals surface area contributed by atoms with E-state index >= 15 is 0 Å². The first kappa shape index (κ1) is 20.1. The van der Waals surface area contributed by atoms with E-state index in [1.807, 2.05) is 0 Å². The normalized spacial score (nSPS) is 10.5. The number of ether oxygens (including phenoxy) is 1. The van der Waals surface area contributed by atoms with Crippen molar-refractivity contribution >= 4 is 6.03 Å². The number of benzene rings is 2. The van der Waals surface area contributed by atoms with Crippen LogP contribution in [0.15, 0.2) is 48.5 Å². The summed E-state index contributed by atoms with van der Waals surface area (Å²) in [5.74, 6) is 4.91. The van der Waals surface area contributed by atoms with Crippen LogP contribution in [0.3, 0.4) is 0 Å². The average Bonchev–Trinajstić information content (AvgIpc) is 2.63. The summed E-state index contributed by atoms with van der Waals surface area (Å²) in [5.41, 5.74) is -0.0560. The number of hydrogen-bond donors (Lipinski definition) is 2. The third kappa shape index (κ3) is 7.28. The summed E-state index contributed by atoms with van der Waals surface area (Å²) in [4.78, 5) is 11.6. The van der Waals surface area contributed by atoms with Gasteiger partial charge < -0.3 is 15.4 Å². The Morgan fingerprint density at radius 1 is 1.04 bits per heavy atom. The number of carbonyl (C=O) groups excluding carboxylic acids is 1. The van der Waals surface area contributed by atoms with Crippen molar-refractivity contribution in [2.75, 3.05) is 13.2 Å². The third-order valence-electron chi connectivity index (χ3n) is 3.30. The number of carbonyl (C=O) groups is 1. The van der Waals surface area contributed by atoms with Gasteiger partial charge in [0.25, 0.3) is 0 Å². The van der Waals surface area contributed by atoms with Crippen LogP contribution < -0.4 is 15.4 Å². The number of rotatable bonds is 5. The summed E-state index contributed by atoms with van der Waals surface area (Å²) in [6.07, 6.45) is -4.43. The summed E-state index contributed by atoms with van der Waals surface area (Å²) >= 11 is 0. The van der Waals surface area contributed by atoms with Crippen LogP contribution in [0.2, 0.25) is 0 Å². The molecular formula is C19H16F4N2O2. The second kappa shape index (κ2) is 9.48. The first-order valence-electron chi connectivity index (χ1n) is 7.86. The molecule has 2 aromatic rings. The van der Waals surface area contributed by atoms with Crippen molar-refractivity contribution in [3.63, 3.8) is 0 Å². The zero-order valence-electron chi connectivity index (χ0n) is 14.1. The highest BCUT2D eigenvalue weighted by Crippen LogP contribution is 2.31. The molecule has 0 saturated carbocycles. The van der Waals surface area contributed by atoms with Gasteiger partial charge in [0.05, 0.1) is 12.1 Å². The van der Waals surface area contributed by atoms with Crippen molar-refractivity contribution in [3.05, 3.63) is 65.5 Å². The molecule has 142 valence electrons. The van der Waals surface area contributed by atoms with Crippen molar-refractivity contribution < 1.29 is 27.1 Å². The number of amides is 2. The molecule has 0 spiro atoms. The van der Waals surface area contributed by atoms with Gasteiger partial charge in [-0.1, -0.05) is 30.0 Å². The van der Waals surface area contributed by atoms with E-state index in [0.29, 0.717) is 0 Å². The second-order valence-electron chi connectivity index (χ2n) is 5.33. The number of nitrogens with one attached hydrogen (secondary N) is 2. The molecule has 0 unspecified atom stereocenters. The van der Waals surface area contributed by atoms with E-state index in [0.717, 1.165) is 17.7 Å². The van der Waals surface area contributed by atoms with Crippen molar-refractivity contribution in [3.8, 4) is 17.6 Å². The predicted octanol–water partition coefficient (Wildman–Crippen LogP) is 3.73. The lowest BCUT2D eigenvalue weighted by Gasteiger charge is -2.08. The van der Waals surface area contributed by atoms with Crippen LogP contribution in [-0.2, 0) is 12.7 Å². The lowest BCUT2D eigenvalue weighted by molar-refractivity contribution is -0.137. The molecule has 2 rings (SSSR count). The van der Waals surface area contributed by atoms with E-state index in [1.54, 1.807) is 12.1 Å². The highest BCUT2D eigenvalue weighted by molar-refractivity contribution is 5.74. The van der Waals surface area contributed by atoms with E-state index < -0.39 is 17.8 Å². The molecule has 2 amide bonds. The average molecular weight is 380 g/mol. The standard InChI is InChI=1S/C19H16F4N2O2/c20-16-8-6-14(7-9-16)13-25-18(26)24-10-1-2-11-27-17-5-3-4-15(12-17)19(21,22)23/h3-9,12H,10-11,13H2,(H2,24,25,26). The predicted molar refractivity (Wildman–Crippen MR) is 91.4 cm³/mol. The maximum atomic E-state index is 12.8. The van der Waals surface area contributed by atoms with Gasteiger partial charge in [-0.25, -0.2) is 9.18 Å². The first-order valence-corrected chi connectivity index (χ1v) is 7.86. The molecule has 4 nitrogen and oxygen atoms in total. The summed E-state index contributed by atoms with van der Waals surface area (Å²) in [6, 6.07) is 9.75. The Morgan fingerprint density at radius 2 is 1.78 bits per heavy atom. The molecule has 0 radical (unpaired) electrons. The molecule has 27 heavy (non-hydrogen) atoms. The molecule has 0 aliphatic heterocycles. The van der Waals surface area contributed by atoms with Gasteiger partial charge in [-0.3, -0.25) is 0 Å². The topological polar surface area (TPSA) is 50.4 Å². The zero-order chi connectivity index (χ0) is 19.7. The SMILES string of the molecule is O=C(NCC#CCOc1cccc(C(F)(F)F)c1)NCc1ccc(F)cc1. The molecule has 0 aliphatic rings. The van der Waals surface area contributed by atoms with E-state index in [9.17, 15) is 22.4 Å². The molecule has 0 heterocycles. The minimum absolute atomic E-state index is 0.0429. The zero-order valence-corrected chi connectivity index (χ0v) is 14.1. The number of urea groups is 1. The Hall–Kier alpha value is -3.21. The molecule has 0 aromatic heterocycles. The van der Waals surface area contributed by atoms with Gasteiger partial charge in [0, 0.05) is 6.54 Å². The van der Waals surface area contributed by atoms with Gasteiger partial charge >= 0.3 is 12.2 Å². The molecule has 8 heteroatoms. The lowest BCUT2D eigenvalue weighted by Crippen LogP contribution is -2.35. The highest BCUT2D eigenvalue weighted by Gasteiger charge is 2.30. The first-order chi connectivity index (χ1) is 12.8. The van der Waals surface area contributed by atoms with E-state index in [-0.39, 0.29) is 31.3 Å². The van der Waals surface area contributed by atoms with Crippen LogP contribution in [0.4, 0.5) is 22.4 Å². The quantitative estimate of drug-likeness (QED) is 0.614. The lowest BCUT2D eigenvalue weighted by atomic mass is 10.2. The molecule has 0 bridgehead atoms. The minimum atomic E-state index is -4.43. The molecule has 2 aromatic carbocycles. The Balaban J connectivity index is 1.67. The molecule has 0 aliphatic carbocycles. The van der Waals surface area contributed by atoms with Crippen molar-refractivity contribution in [1.82, 2.24) is 10.6 Å². The molecule has 0 atom stereocenters. The van der Waals surface area contributed by atoms with E-state index in [1.165, 1.54) is 24.3 Å². The van der Waals surface area contributed by atoms with E-state index in [4.69, 9.17) is 4.74 Å². The molecule has 2 N–H and O–H groups in total. The highest BCUT2D eigenvalue weighted by atomic mass is 19.4. The van der Waals surface area contributed by atoms with Crippen LogP contribution in [0.25, 0.3) is 0 Å². The second-order valence-corrected chi connectivity index (χ2v) is 5.33. The molecule has 0 saturated heterocycles. The summed E-state index contributed by atoms with van der Waals surface area (Å²) in [5, 5.41) is 5.07. The third-order valence-corrected chi connectivity index (χ3v) is 3.30. The maximum Gasteiger partial charge on any atom is 0.416 e. The Kier molecular flexibility index (Phi) is 7.06. The van der Waals surface area contributed by atoms with Gasteiger partial charge in [-0.05, 0) is 35.9 Å². The fourth-order valence-electron chi connectivity index (χ4n) is 1.97. The summed E-state index contributed by atoms with van der Waals surface area (Å²) in [7, 11) is 0. The smallest absolute Gasteiger partial charge is 0.416 e. The fourth-order valence-corrected chi connectivity index (χ4v) is 1.97. The van der Waals surface area contributed by atoms with Gasteiger partial charge in [-0.2, -0.15) is 13.2 Å². The van der Waals surface area contributed by atoms with Gasteiger partial charge in [-0.15, -0.1) is 0 Å². The summed E-state index contributed by atoms with van der Waals surface area (Å²) < 4.78 is 55.6. The number of alkyl halides is 3. The fraction of sp³-hybridized carbons (Fsp3) is 0.211. The minimum Gasteiger partial charge on any atom is -0.481 e. The van der Waals surface area contributed by atoms with Crippen LogP contribution in [-0.4, -0.2) is 19.2 Å². The van der Waals surface area contributed by atoms with Crippen LogP contribution in [0.1, 0.15) is 11.1 Å². The largest absolute Gasteiger partial charge is 0.481 e. The van der Waals surface area contributed by atoms with Gasteiger partial charge in [0.1, 0.15) is 18.2 Å². The maximum absolute atomic E-state index is 12.8. The van der Waals surface area contributed by atoms with E-state index in [2.05, 4.69) is 22.5 Å². The van der Waals surface area contributed by atoms with Crippen LogP contribution in [0, 0.1) is 17.7 Å². The van der Waals surface area contributed by atoms with Crippen molar-refractivity contribution in [2.45, 2.75) is 12.7 Å². The monoisotopic (exact) mass is 380 g/mol.